The second-order valence-corrected chi connectivity index (χ2v) is 12.4. The predicted molar refractivity (Wildman–Crippen MR) is 135 cm³/mol. The van der Waals surface area contributed by atoms with Crippen LogP contribution in [0.1, 0.15) is 54.6 Å². The molecule has 2 saturated heterocycles. The normalized spacial score (nSPS) is 17.7. The van der Waals surface area contributed by atoms with Crippen LogP contribution in [-0.4, -0.2) is 61.3 Å². The lowest BCUT2D eigenvalue weighted by molar-refractivity contribution is 0.00819. The summed E-state index contributed by atoms with van der Waals surface area (Å²) in [5, 5.41) is 3.32. The molecule has 188 valence electrons. The van der Waals surface area contributed by atoms with Crippen LogP contribution in [-0.2, 0) is 14.8 Å². The number of carbonyl (C=O) groups is 2. The molecule has 4 rings (SSSR count). The fourth-order valence-electron chi connectivity index (χ4n) is 4.07. The average molecular weight is 521 g/mol. The van der Waals surface area contributed by atoms with Gasteiger partial charge in [-0.15, -0.1) is 0 Å². The number of nitrogens with zero attached hydrogens (tertiary/aromatic N) is 3. The van der Waals surface area contributed by atoms with E-state index in [0.29, 0.717) is 47.9 Å². The van der Waals surface area contributed by atoms with Gasteiger partial charge in [-0.2, -0.15) is 0 Å². The number of halogens is 1. The Kier molecular flexibility index (Phi) is 6.72. The molecule has 0 atom stereocenters. The van der Waals surface area contributed by atoms with Crippen LogP contribution in [0.25, 0.3) is 0 Å². The van der Waals surface area contributed by atoms with Gasteiger partial charge >= 0.3 is 6.09 Å². The van der Waals surface area contributed by atoms with Crippen molar-refractivity contribution in [3.63, 3.8) is 0 Å². The van der Waals surface area contributed by atoms with Gasteiger partial charge in [0.15, 0.2) is 0 Å². The summed E-state index contributed by atoms with van der Waals surface area (Å²) in [4.78, 5) is 31.2. The van der Waals surface area contributed by atoms with Gasteiger partial charge in [0.1, 0.15) is 11.4 Å². The van der Waals surface area contributed by atoms with Crippen LogP contribution in [0, 0.1) is 6.92 Å². The number of hydrogen-bond donors (Lipinski definition) is 1. The number of pyridine rings is 1. The quantitative estimate of drug-likeness (QED) is 0.648. The van der Waals surface area contributed by atoms with Crippen LogP contribution >= 0.6 is 11.6 Å². The number of amides is 2. The topological polar surface area (TPSA) is 109 Å². The molecule has 11 heteroatoms. The number of rotatable bonds is 4. The standard InChI is InChI=1S/C24H29ClN4O5S/c1-15-12-26-21(29-6-5-7-35(29,32)33)11-20(15)22(30)27-19-9-16(8-18(25)10-19)17-13-28(14-17)23(31)34-24(2,3)4/h8-12,17H,5-7,13-14H2,1-4H3,(H,27,30). The maximum absolute atomic E-state index is 13.1. The molecule has 2 fully saturated rings. The molecular formula is C24H29ClN4O5S. The third kappa shape index (κ3) is 5.70. The highest BCUT2D eigenvalue weighted by atomic mass is 35.5. The number of aromatic nitrogens is 1. The first-order valence-corrected chi connectivity index (χ1v) is 13.4. The molecule has 2 aromatic rings. The van der Waals surface area contributed by atoms with Crippen molar-refractivity contribution >= 4 is 45.1 Å². The van der Waals surface area contributed by atoms with E-state index in [1.165, 1.54) is 16.6 Å². The lowest BCUT2D eigenvalue weighted by atomic mass is 9.91. The zero-order chi connectivity index (χ0) is 25.5. The molecule has 1 aromatic heterocycles. The minimum Gasteiger partial charge on any atom is -0.444 e. The highest BCUT2D eigenvalue weighted by Gasteiger charge is 2.35. The molecule has 2 aliphatic heterocycles. The molecule has 0 unspecified atom stereocenters. The number of ether oxygens (including phenoxy) is 1. The van der Waals surface area contributed by atoms with E-state index in [0.717, 1.165) is 5.56 Å². The molecular weight excluding hydrogens is 492 g/mol. The first kappa shape index (κ1) is 25.2. The van der Waals surface area contributed by atoms with Crippen LogP contribution in [0.4, 0.5) is 16.3 Å². The van der Waals surface area contributed by atoms with Gasteiger partial charge in [-0.05, 0) is 69.5 Å². The molecule has 2 aliphatic rings. The van der Waals surface area contributed by atoms with Crippen molar-refractivity contribution in [2.45, 2.75) is 45.6 Å². The number of sulfonamides is 1. The van der Waals surface area contributed by atoms with E-state index >= 15 is 0 Å². The van der Waals surface area contributed by atoms with Gasteiger partial charge in [-0.1, -0.05) is 11.6 Å². The van der Waals surface area contributed by atoms with Gasteiger partial charge < -0.3 is 15.0 Å². The van der Waals surface area contributed by atoms with Crippen LogP contribution in [0.2, 0.25) is 5.02 Å². The van der Waals surface area contributed by atoms with E-state index in [1.807, 2.05) is 32.9 Å². The third-order valence-electron chi connectivity index (χ3n) is 5.87. The second kappa shape index (κ2) is 9.31. The van der Waals surface area contributed by atoms with Crippen LogP contribution < -0.4 is 9.62 Å². The fourth-order valence-corrected chi connectivity index (χ4v) is 5.82. The Morgan fingerprint density at radius 3 is 2.51 bits per heavy atom. The van der Waals surface area contributed by atoms with Gasteiger partial charge in [-0.3, -0.25) is 9.10 Å². The molecule has 3 heterocycles. The maximum Gasteiger partial charge on any atom is 0.410 e. The third-order valence-corrected chi connectivity index (χ3v) is 7.93. The zero-order valence-electron chi connectivity index (χ0n) is 20.2. The molecule has 0 aliphatic carbocycles. The number of aryl methyl sites for hydroxylation is 1. The smallest absolute Gasteiger partial charge is 0.410 e. The molecule has 0 bridgehead atoms. The van der Waals surface area contributed by atoms with Crippen molar-refractivity contribution in [1.29, 1.82) is 0 Å². The van der Waals surface area contributed by atoms with E-state index in [-0.39, 0.29) is 29.5 Å². The summed E-state index contributed by atoms with van der Waals surface area (Å²) in [7, 11) is -3.41. The fraction of sp³-hybridized carbons (Fsp3) is 0.458. The molecule has 0 spiro atoms. The van der Waals surface area contributed by atoms with Crippen molar-refractivity contribution in [2.75, 3.05) is 35.0 Å². The minimum atomic E-state index is -3.41. The summed E-state index contributed by atoms with van der Waals surface area (Å²) in [5.41, 5.74) is 1.82. The van der Waals surface area contributed by atoms with Crippen molar-refractivity contribution in [3.8, 4) is 0 Å². The first-order chi connectivity index (χ1) is 16.3. The van der Waals surface area contributed by atoms with Gasteiger partial charge in [0, 0.05) is 48.0 Å². The molecule has 9 nitrogen and oxygen atoms in total. The van der Waals surface area contributed by atoms with Gasteiger partial charge in [-0.25, -0.2) is 18.2 Å². The predicted octanol–water partition coefficient (Wildman–Crippen LogP) is 4.17. The number of anilines is 2. The van der Waals surface area contributed by atoms with Crippen LogP contribution in [0.15, 0.2) is 30.5 Å². The highest BCUT2D eigenvalue weighted by Crippen LogP contribution is 2.32. The monoisotopic (exact) mass is 520 g/mol. The SMILES string of the molecule is Cc1cnc(N2CCCS2(=O)=O)cc1C(=O)Nc1cc(Cl)cc(C2CN(C(=O)OC(C)(C)C)C2)c1. The Balaban J connectivity index is 1.47. The highest BCUT2D eigenvalue weighted by molar-refractivity contribution is 7.93. The van der Waals surface area contributed by atoms with Crippen molar-refractivity contribution in [1.82, 2.24) is 9.88 Å². The molecule has 1 N–H and O–H groups in total. The number of nitrogens with one attached hydrogen (secondary N) is 1. The van der Waals surface area contributed by atoms with Gasteiger partial charge in [0.2, 0.25) is 10.0 Å². The summed E-state index contributed by atoms with van der Waals surface area (Å²) >= 11 is 6.32. The van der Waals surface area contributed by atoms with Crippen molar-refractivity contribution < 1.29 is 22.7 Å². The molecule has 1 aromatic carbocycles. The maximum atomic E-state index is 13.1. The summed E-state index contributed by atoms with van der Waals surface area (Å²) < 4.78 is 31.2. The number of hydrogen-bond acceptors (Lipinski definition) is 6. The van der Waals surface area contributed by atoms with E-state index in [2.05, 4.69) is 10.3 Å². The van der Waals surface area contributed by atoms with Crippen LogP contribution in [0.3, 0.4) is 0 Å². The minimum absolute atomic E-state index is 0.0713. The summed E-state index contributed by atoms with van der Waals surface area (Å²) in [6.45, 7) is 8.56. The van der Waals surface area contributed by atoms with Crippen molar-refractivity contribution in [3.05, 3.63) is 52.2 Å². The van der Waals surface area contributed by atoms with E-state index in [9.17, 15) is 18.0 Å². The number of likely N-dealkylation sites (tertiary alicyclic amines) is 1. The van der Waals surface area contributed by atoms with Crippen LogP contribution in [0.5, 0.6) is 0 Å². The van der Waals surface area contributed by atoms with Gasteiger partial charge in [0.25, 0.3) is 5.91 Å². The molecule has 0 saturated carbocycles. The Morgan fingerprint density at radius 1 is 1.17 bits per heavy atom. The number of carbonyl (C=O) groups excluding carboxylic acids is 2. The van der Waals surface area contributed by atoms with E-state index in [1.54, 1.807) is 17.9 Å². The summed E-state index contributed by atoms with van der Waals surface area (Å²) in [6, 6.07) is 6.81. The molecule has 0 radical (unpaired) electrons. The summed E-state index contributed by atoms with van der Waals surface area (Å²) in [5.74, 6) is -0.00442. The number of benzene rings is 1. The van der Waals surface area contributed by atoms with E-state index in [4.69, 9.17) is 16.3 Å². The Morgan fingerprint density at radius 2 is 1.89 bits per heavy atom. The lowest BCUT2D eigenvalue weighted by Gasteiger charge is -2.40. The second-order valence-electron chi connectivity index (χ2n) is 9.91. The summed E-state index contributed by atoms with van der Waals surface area (Å²) in [6.07, 6.45) is 1.67. The Bertz CT molecular complexity index is 1270. The largest absolute Gasteiger partial charge is 0.444 e. The Labute approximate surface area is 210 Å². The van der Waals surface area contributed by atoms with Crippen molar-refractivity contribution in [2.24, 2.45) is 0 Å². The lowest BCUT2D eigenvalue weighted by Crippen LogP contribution is -2.50. The first-order valence-electron chi connectivity index (χ1n) is 11.4. The Hall–Kier alpha value is -2.85. The van der Waals surface area contributed by atoms with E-state index < -0.39 is 15.6 Å². The average Bonchev–Trinajstić information content (AvgIpc) is 3.04. The molecule has 2 amide bonds. The zero-order valence-corrected chi connectivity index (χ0v) is 21.7. The van der Waals surface area contributed by atoms with Gasteiger partial charge in [0.05, 0.1) is 5.75 Å². The molecule has 35 heavy (non-hydrogen) atoms.